The number of aldehydes is 1. The molecule has 1 unspecified atom stereocenters. The summed E-state index contributed by atoms with van der Waals surface area (Å²) in [6.07, 6.45) is 2.61. The van der Waals surface area contributed by atoms with Crippen LogP contribution >= 0.6 is 0 Å². The number of benzene rings is 2. The third-order valence-corrected chi connectivity index (χ3v) is 4.38. The normalized spacial score (nSPS) is 17.3. The predicted octanol–water partition coefficient (Wildman–Crippen LogP) is 3.46. The largest absolute Gasteiger partial charge is 0.461 e. The fourth-order valence-corrected chi connectivity index (χ4v) is 3.11. The predicted molar refractivity (Wildman–Crippen MR) is 93.0 cm³/mol. The molecule has 1 atom stereocenters. The number of esters is 1. The summed E-state index contributed by atoms with van der Waals surface area (Å²) in [5, 5.41) is 0. The molecular weight excluding hydrogens is 302 g/mol. The summed E-state index contributed by atoms with van der Waals surface area (Å²) in [5.74, 6) is -0.311. The van der Waals surface area contributed by atoms with E-state index in [0.717, 1.165) is 36.9 Å². The number of anilines is 1. The van der Waals surface area contributed by atoms with Crippen molar-refractivity contribution in [2.75, 3.05) is 18.0 Å². The monoisotopic (exact) mass is 323 g/mol. The molecule has 2 aromatic rings. The molecule has 0 aliphatic carbocycles. The van der Waals surface area contributed by atoms with Gasteiger partial charge in [-0.1, -0.05) is 42.5 Å². The van der Waals surface area contributed by atoms with E-state index in [1.165, 1.54) is 0 Å². The van der Waals surface area contributed by atoms with Gasteiger partial charge in [0, 0.05) is 24.3 Å². The van der Waals surface area contributed by atoms with E-state index in [4.69, 9.17) is 4.74 Å². The molecule has 3 rings (SSSR count). The fraction of sp³-hybridized carbons (Fsp3) is 0.300. The zero-order valence-corrected chi connectivity index (χ0v) is 13.6. The number of hydrogen-bond donors (Lipinski definition) is 0. The standard InChI is InChI=1S/C20H21NO3/c22-14-18-9-4-5-11-19(18)21-12-6-10-17(13-21)20(23)24-15-16-7-2-1-3-8-16/h1-5,7-9,11,14,17H,6,10,12-13,15H2. The van der Waals surface area contributed by atoms with Crippen LogP contribution in [0.5, 0.6) is 0 Å². The van der Waals surface area contributed by atoms with E-state index in [-0.39, 0.29) is 11.9 Å². The molecule has 24 heavy (non-hydrogen) atoms. The number of piperidine rings is 1. The van der Waals surface area contributed by atoms with E-state index in [9.17, 15) is 9.59 Å². The molecule has 0 N–H and O–H groups in total. The minimum absolute atomic E-state index is 0.151. The van der Waals surface area contributed by atoms with Crippen molar-refractivity contribution in [2.45, 2.75) is 19.4 Å². The maximum Gasteiger partial charge on any atom is 0.311 e. The van der Waals surface area contributed by atoms with Crippen molar-refractivity contribution in [3.8, 4) is 0 Å². The van der Waals surface area contributed by atoms with Gasteiger partial charge in [0.15, 0.2) is 6.29 Å². The lowest BCUT2D eigenvalue weighted by Gasteiger charge is -2.34. The van der Waals surface area contributed by atoms with E-state index in [1.807, 2.05) is 48.5 Å². The SMILES string of the molecule is O=Cc1ccccc1N1CCCC(C(=O)OCc2ccccc2)C1. The summed E-state index contributed by atoms with van der Waals surface area (Å²) in [4.78, 5) is 25.7. The van der Waals surface area contributed by atoms with Crippen molar-refractivity contribution >= 4 is 17.9 Å². The van der Waals surface area contributed by atoms with Gasteiger partial charge in [0.25, 0.3) is 0 Å². The van der Waals surface area contributed by atoms with Crippen molar-refractivity contribution in [3.63, 3.8) is 0 Å². The van der Waals surface area contributed by atoms with Crippen LogP contribution in [-0.2, 0) is 16.1 Å². The lowest BCUT2D eigenvalue weighted by Crippen LogP contribution is -2.39. The number of hydrogen-bond acceptors (Lipinski definition) is 4. The van der Waals surface area contributed by atoms with E-state index in [1.54, 1.807) is 6.07 Å². The Kier molecular flexibility index (Phi) is 5.26. The molecule has 1 fully saturated rings. The van der Waals surface area contributed by atoms with Gasteiger partial charge in [0.05, 0.1) is 5.92 Å². The Morgan fingerprint density at radius 3 is 2.67 bits per heavy atom. The van der Waals surface area contributed by atoms with Crippen molar-refractivity contribution < 1.29 is 14.3 Å². The molecule has 1 heterocycles. The van der Waals surface area contributed by atoms with Crippen LogP contribution in [0.2, 0.25) is 0 Å². The quantitative estimate of drug-likeness (QED) is 0.624. The van der Waals surface area contributed by atoms with Crippen molar-refractivity contribution in [1.82, 2.24) is 0 Å². The molecule has 0 radical (unpaired) electrons. The minimum atomic E-state index is -0.160. The topological polar surface area (TPSA) is 46.6 Å². The Labute approximate surface area is 142 Å². The molecule has 2 aromatic carbocycles. The molecular formula is C20H21NO3. The van der Waals surface area contributed by atoms with Gasteiger partial charge in [-0.3, -0.25) is 9.59 Å². The first-order chi connectivity index (χ1) is 11.8. The van der Waals surface area contributed by atoms with Gasteiger partial charge in [0.1, 0.15) is 6.61 Å². The average molecular weight is 323 g/mol. The second-order valence-corrected chi connectivity index (χ2v) is 6.06. The zero-order valence-electron chi connectivity index (χ0n) is 13.6. The number of ether oxygens (including phenoxy) is 1. The van der Waals surface area contributed by atoms with Gasteiger partial charge >= 0.3 is 5.97 Å². The highest BCUT2D eigenvalue weighted by Gasteiger charge is 2.28. The van der Waals surface area contributed by atoms with Crippen LogP contribution in [-0.4, -0.2) is 25.3 Å². The van der Waals surface area contributed by atoms with Crippen molar-refractivity contribution in [3.05, 3.63) is 65.7 Å². The van der Waals surface area contributed by atoms with Gasteiger partial charge in [-0.05, 0) is 30.5 Å². The van der Waals surface area contributed by atoms with Gasteiger partial charge in [-0.2, -0.15) is 0 Å². The summed E-state index contributed by atoms with van der Waals surface area (Å²) < 4.78 is 5.47. The van der Waals surface area contributed by atoms with Crippen LogP contribution in [0.1, 0.15) is 28.8 Å². The molecule has 4 heteroatoms. The number of nitrogens with zero attached hydrogens (tertiary/aromatic N) is 1. The highest BCUT2D eigenvalue weighted by atomic mass is 16.5. The summed E-state index contributed by atoms with van der Waals surface area (Å²) in [6, 6.07) is 17.2. The van der Waals surface area contributed by atoms with Crippen LogP contribution < -0.4 is 4.90 Å². The van der Waals surface area contributed by atoms with Crippen molar-refractivity contribution in [2.24, 2.45) is 5.92 Å². The van der Waals surface area contributed by atoms with Gasteiger partial charge < -0.3 is 9.64 Å². The number of para-hydroxylation sites is 1. The smallest absolute Gasteiger partial charge is 0.311 e. The van der Waals surface area contributed by atoms with Crippen LogP contribution in [0, 0.1) is 5.92 Å². The van der Waals surface area contributed by atoms with Gasteiger partial charge in [-0.25, -0.2) is 0 Å². The highest BCUT2D eigenvalue weighted by molar-refractivity contribution is 5.85. The van der Waals surface area contributed by atoms with Crippen LogP contribution in [0.3, 0.4) is 0 Å². The first-order valence-corrected chi connectivity index (χ1v) is 8.27. The summed E-state index contributed by atoms with van der Waals surface area (Å²) >= 11 is 0. The Morgan fingerprint density at radius 2 is 1.88 bits per heavy atom. The minimum Gasteiger partial charge on any atom is -0.461 e. The lowest BCUT2D eigenvalue weighted by atomic mass is 9.97. The van der Waals surface area contributed by atoms with Gasteiger partial charge in [0.2, 0.25) is 0 Å². The maximum atomic E-state index is 12.4. The molecule has 0 bridgehead atoms. The Bertz CT molecular complexity index is 699. The van der Waals surface area contributed by atoms with E-state index >= 15 is 0 Å². The first kappa shape index (κ1) is 16.2. The second kappa shape index (κ2) is 7.77. The average Bonchev–Trinajstić information content (AvgIpc) is 2.67. The molecule has 4 nitrogen and oxygen atoms in total. The van der Waals surface area contributed by atoms with Crippen LogP contribution in [0.25, 0.3) is 0 Å². The Morgan fingerprint density at radius 1 is 1.12 bits per heavy atom. The number of carbonyl (C=O) groups is 2. The van der Waals surface area contributed by atoms with E-state index in [2.05, 4.69) is 4.90 Å². The molecule has 1 aliphatic rings. The van der Waals surface area contributed by atoms with Gasteiger partial charge in [-0.15, -0.1) is 0 Å². The molecule has 124 valence electrons. The summed E-state index contributed by atoms with van der Waals surface area (Å²) in [5.41, 5.74) is 2.55. The molecule has 1 aliphatic heterocycles. The lowest BCUT2D eigenvalue weighted by molar-refractivity contribution is -0.150. The third-order valence-electron chi connectivity index (χ3n) is 4.38. The highest BCUT2D eigenvalue weighted by Crippen LogP contribution is 2.26. The molecule has 0 spiro atoms. The fourth-order valence-electron chi connectivity index (χ4n) is 3.11. The maximum absolute atomic E-state index is 12.4. The number of rotatable bonds is 5. The van der Waals surface area contributed by atoms with E-state index < -0.39 is 0 Å². The Balaban J connectivity index is 1.62. The van der Waals surface area contributed by atoms with E-state index in [0.29, 0.717) is 18.7 Å². The van der Waals surface area contributed by atoms with Crippen molar-refractivity contribution in [1.29, 1.82) is 0 Å². The summed E-state index contributed by atoms with van der Waals surface area (Å²) in [7, 11) is 0. The first-order valence-electron chi connectivity index (χ1n) is 8.27. The third kappa shape index (κ3) is 3.82. The molecule has 1 saturated heterocycles. The Hall–Kier alpha value is -2.62. The summed E-state index contributed by atoms with van der Waals surface area (Å²) in [6.45, 7) is 1.76. The second-order valence-electron chi connectivity index (χ2n) is 6.06. The van der Waals surface area contributed by atoms with Crippen LogP contribution in [0.15, 0.2) is 54.6 Å². The van der Waals surface area contributed by atoms with Crippen LogP contribution in [0.4, 0.5) is 5.69 Å². The molecule has 0 saturated carbocycles. The molecule has 0 amide bonds. The number of carbonyl (C=O) groups excluding carboxylic acids is 2. The molecule has 0 aromatic heterocycles. The zero-order chi connectivity index (χ0) is 16.8.